The molecule has 23 heavy (non-hydrogen) atoms. The molecule has 1 saturated heterocycles. The molecule has 5 nitrogen and oxygen atoms in total. The zero-order chi connectivity index (χ0) is 16.4. The molecule has 2 aromatic carbocycles. The lowest BCUT2D eigenvalue weighted by atomic mass is 10.0. The van der Waals surface area contributed by atoms with E-state index in [2.05, 4.69) is 5.32 Å². The molecule has 0 spiro atoms. The van der Waals surface area contributed by atoms with E-state index in [0.717, 1.165) is 0 Å². The Morgan fingerprint density at radius 2 is 1.35 bits per heavy atom. The summed E-state index contributed by atoms with van der Waals surface area (Å²) in [5.41, 5.74) is 1.15. The molecule has 2 amide bonds. The van der Waals surface area contributed by atoms with Crippen molar-refractivity contribution >= 4 is 21.7 Å². The van der Waals surface area contributed by atoms with E-state index in [0.29, 0.717) is 11.1 Å². The molecule has 0 saturated carbocycles. The Hall–Kier alpha value is -2.47. The van der Waals surface area contributed by atoms with E-state index in [9.17, 15) is 18.0 Å². The topological polar surface area (TPSA) is 80.3 Å². The number of sulfone groups is 1. The quantitative estimate of drug-likeness (QED) is 0.864. The summed E-state index contributed by atoms with van der Waals surface area (Å²) in [4.78, 5) is 23.3. The van der Waals surface area contributed by atoms with Crippen molar-refractivity contribution in [3.63, 3.8) is 0 Å². The maximum Gasteiger partial charge on any atom is 0.245 e. The van der Waals surface area contributed by atoms with Gasteiger partial charge >= 0.3 is 0 Å². The first-order chi connectivity index (χ1) is 11.0. The molecule has 1 N–H and O–H groups in total. The van der Waals surface area contributed by atoms with Crippen LogP contribution in [0.5, 0.6) is 0 Å². The van der Waals surface area contributed by atoms with Gasteiger partial charge in [-0.15, -0.1) is 0 Å². The van der Waals surface area contributed by atoms with E-state index >= 15 is 0 Å². The van der Waals surface area contributed by atoms with Crippen molar-refractivity contribution in [2.24, 2.45) is 0 Å². The number of carbonyl (C=O) groups excluding carboxylic acids is 2. The second-order valence-corrected chi connectivity index (χ2v) is 7.61. The minimum absolute atomic E-state index is 0.322. The minimum atomic E-state index is -3.92. The highest BCUT2D eigenvalue weighted by Gasteiger charge is 2.45. The first-order valence-corrected chi connectivity index (χ1v) is 8.77. The Kier molecular flexibility index (Phi) is 4.00. The molecule has 1 unspecified atom stereocenters. The number of imide groups is 1. The standard InChI is InChI=1S/C17H15NO4S/c19-15-11-14(17(20)18-15)23(21,22)16(12-7-3-1-4-8-12)13-9-5-2-6-10-13/h1-10,14,16H,11H2,(H,18,19,20). The van der Waals surface area contributed by atoms with Crippen LogP contribution < -0.4 is 5.32 Å². The Morgan fingerprint density at radius 3 is 1.74 bits per heavy atom. The molecule has 1 aliphatic heterocycles. The third-order valence-electron chi connectivity index (χ3n) is 3.86. The second-order valence-electron chi connectivity index (χ2n) is 5.40. The largest absolute Gasteiger partial charge is 0.295 e. The molecule has 1 heterocycles. The minimum Gasteiger partial charge on any atom is -0.295 e. The van der Waals surface area contributed by atoms with Crippen LogP contribution in [0.1, 0.15) is 22.8 Å². The van der Waals surface area contributed by atoms with Crippen LogP contribution in [0.3, 0.4) is 0 Å². The van der Waals surface area contributed by atoms with Gasteiger partial charge in [-0.1, -0.05) is 60.7 Å². The molecular weight excluding hydrogens is 314 g/mol. The molecular formula is C17H15NO4S. The van der Waals surface area contributed by atoms with E-state index < -0.39 is 32.2 Å². The summed E-state index contributed by atoms with van der Waals surface area (Å²) in [6.45, 7) is 0. The van der Waals surface area contributed by atoms with Crippen molar-refractivity contribution < 1.29 is 18.0 Å². The summed E-state index contributed by atoms with van der Waals surface area (Å²) in [5.74, 6) is -1.30. The fourth-order valence-electron chi connectivity index (χ4n) is 2.79. The predicted molar refractivity (Wildman–Crippen MR) is 85.2 cm³/mol. The monoisotopic (exact) mass is 329 g/mol. The smallest absolute Gasteiger partial charge is 0.245 e. The summed E-state index contributed by atoms with van der Waals surface area (Å²) < 4.78 is 26.2. The lowest BCUT2D eigenvalue weighted by Gasteiger charge is -2.21. The molecule has 3 rings (SSSR count). The Morgan fingerprint density at radius 1 is 0.870 bits per heavy atom. The normalized spacial score (nSPS) is 18.2. The summed E-state index contributed by atoms with van der Waals surface area (Å²) in [7, 11) is -3.92. The number of rotatable bonds is 4. The number of benzene rings is 2. The highest BCUT2D eigenvalue weighted by atomic mass is 32.2. The molecule has 2 aromatic rings. The summed E-state index contributed by atoms with van der Waals surface area (Å²) in [6.07, 6.45) is -0.322. The van der Waals surface area contributed by atoms with Crippen LogP contribution in [0.25, 0.3) is 0 Å². The molecule has 0 bridgehead atoms. The van der Waals surface area contributed by atoms with Crippen molar-refractivity contribution in [2.75, 3.05) is 0 Å². The van der Waals surface area contributed by atoms with E-state index in [1.165, 1.54) is 0 Å². The maximum atomic E-state index is 13.1. The number of hydrogen-bond donors (Lipinski definition) is 1. The van der Waals surface area contributed by atoms with Crippen LogP contribution in [-0.4, -0.2) is 25.5 Å². The van der Waals surface area contributed by atoms with Gasteiger partial charge in [-0.05, 0) is 11.1 Å². The molecule has 118 valence electrons. The van der Waals surface area contributed by atoms with Crippen molar-refractivity contribution in [3.8, 4) is 0 Å². The van der Waals surface area contributed by atoms with Crippen molar-refractivity contribution in [3.05, 3.63) is 71.8 Å². The first-order valence-electron chi connectivity index (χ1n) is 7.16. The van der Waals surface area contributed by atoms with Crippen LogP contribution in [-0.2, 0) is 19.4 Å². The van der Waals surface area contributed by atoms with Crippen molar-refractivity contribution in [1.29, 1.82) is 0 Å². The van der Waals surface area contributed by atoms with Gasteiger partial charge in [0.2, 0.25) is 11.8 Å². The van der Waals surface area contributed by atoms with E-state index in [4.69, 9.17) is 0 Å². The van der Waals surface area contributed by atoms with Gasteiger partial charge in [-0.25, -0.2) is 8.42 Å². The van der Waals surface area contributed by atoms with Crippen LogP contribution in [0.15, 0.2) is 60.7 Å². The number of carbonyl (C=O) groups is 2. The number of nitrogens with one attached hydrogen (secondary N) is 1. The van der Waals surface area contributed by atoms with Gasteiger partial charge in [0.05, 0.1) is 6.42 Å². The number of amides is 2. The molecule has 6 heteroatoms. The third kappa shape index (κ3) is 2.90. The van der Waals surface area contributed by atoms with Gasteiger partial charge < -0.3 is 0 Å². The first kappa shape index (κ1) is 15.4. The molecule has 1 aliphatic rings. The van der Waals surface area contributed by atoms with Crippen LogP contribution >= 0.6 is 0 Å². The zero-order valence-corrected chi connectivity index (χ0v) is 13.0. The summed E-state index contributed by atoms with van der Waals surface area (Å²) in [6, 6.07) is 17.4. The van der Waals surface area contributed by atoms with Crippen LogP contribution in [0.4, 0.5) is 0 Å². The van der Waals surface area contributed by atoms with Crippen LogP contribution in [0, 0.1) is 0 Å². The van der Waals surface area contributed by atoms with Gasteiger partial charge in [0.1, 0.15) is 10.5 Å². The third-order valence-corrected chi connectivity index (χ3v) is 6.23. The fraction of sp³-hybridized carbons (Fsp3) is 0.176. The molecule has 0 radical (unpaired) electrons. The average Bonchev–Trinajstić information content (AvgIpc) is 2.89. The zero-order valence-electron chi connectivity index (χ0n) is 12.2. The highest BCUT2D eigenvalue weighted by Crippen LogP contribution is 2.34. The van der Waals surface area contributed by atoms with E-state index in [1.54, 1.807) is 60.7 Å². The molecule has 0 aromatic heterocycles. The SMILES string of the molecule is O=C1CC(S(=O)(=O)C(c2ccccc2)c2ccccc2)C(=O)N1. The van der Waals surface area contributed by atoms with Gasteiger partial charge in [0, 0.05) is 0 Å². The van der Waals surface area contributed by atoms with Gasteiger partial charge in [-0.2, -0.15) is 0 Å². The molecule has 0 aliphatic carbocycles. The van der Waals surface area contributed by atoms with Gasteiger partial charge in [-0.3, -0.25) is 14.9 Å². The fourth-order valence-corrected chi connectivity index (χ4v) is 4.93. The van der Waals surface area contributed by atoms with E-state index in [-0.39, 0.29) is 6.42 Å². The van der Waals surface area contributed by atoms with Crippen molar-refractivity contribution in [2.45, 2.75) is 16.9 Å². The van der Waals surface area contributed by atoms with E-state index in [1.807, 2.05) is 0 Å². The number of hydrogen-bond acceptors (Lipinski definition) is 4. The van der Waals surface area contributed by atoms with Crippen LogP contribution in [0.2, 0.25) is 0 Å². The van der Waals surface area contributed by atoms with Gasteiger partial charge in [0.15, 0.2) is 9.84 Å². The highest BCUT2D eigenvalue weighted by molar-refractivity contribution is 7.93. The Bertz CT molecular complexity index is 792. The summed E-state index contributed by atoms with van der Waals surface area (Å²) in [5, 5.41) is -0.253. The lowest BCUT2D eigenvalue weighted by molar-refractivity contribution is -0.124. The predicted octanol–water partition coefficient (Wildman–Crippen LogP) is 1.61. The average molecular weight is 329 g/mol. The summed E-state index contributed by atoms with van der Waals surface area (Å²) >= 11 is 0. The molecule has 1 fully saturated rings. The lowest BCUT2D eigenvalue weighted by Crippen LogP contribution is -2.34. The maximum absolute atomic E-state index is 13.1. The molecule has 1 atom stereocenters. The Labute approximate surface area is 134 Å². The van der Waals surface area contributed by atoms with Crippen molar-refractivity contribution in [1.82, 2.24) is 5.32 Å². The Balaban J connectivity index is 2.12. The second kappa shape index (κ2) is 5.96. The van der Waals surface area contributed by atoms with Gasteiger partial charge in [0.25, 0.3) is 0 Å².